The number of rotatable bonds is 4. The molecule has 26 heavy (non-hydrogen) atoms. The summed E-state index contributed by atoms with van der Waals surface area (Å²) in [6, 6.07) is 15.1. The topological polar surface area (TPSA) is 6.25 Å². The Morgan fingerprint density at radius 2 is 1.50 bits per heavy atom. The highest BCUT2D eigenvalue weighted by Crippen LogP contribution is 2.37. The normalized spacial score (nSPS) is 14.4. The van der Waals surface area contributed by atoms with Gasteiger partial charge in [0.05, 0.1) is 0 Å². The first kappa shape index (κ1) is 20.8. The van der Waals surface area contributed by atoms with Gasteiger partial charge in [-0.05, 0) is 30.4 Å². The molecule has 1 aliphatic rings. The molecular formula is C22H28Cl2N2. The second kappa shape index (κ2) is 8.45. The summed E-state index contributed by atoms with van der Waals surface area (Å²) >= 11 is 6.91. The van der Waals surface area contributed by atoms with Crippen molar-refractivity contribution in [3.05, 3.63) is 59.2 Å². The average molecular weight is 391 g/mol. The Balaban J connectivity index is 0.00000243. The van der Waals surface area contributed by atoms with E-state index in [2.05, 4.69) is 86.6 Å². The maximum absolute atomic E-state index is 6.91. The van der Waals surface area contributed by atoms with E-state index in [1.54, 1.807) is 0 Å². The van der Waals surface area contributed by atoms with Crippen LogP contribution in [0.2, 0.25) is 0 Å². The Morgan fingerprint density at radius 3 is 2.04 bits per heavy atom. The molecule has 0 radical (unpaired) electrons. The minimum atomic E-state index is 0. The molecule has 2 nitrogen and oxygen atoms in total. The fourth-order valence-corrected chi connectivity index (χ4v) is 3.99. The molecule has 0 unspecified atom stereocenters. The molecule has 0 saturated carbocycles. The van der Waals surface area contributed by atoms with Crippen molar-refractivity contribution in [2.75, 3.05) is 18.0 Å². The molecule has 0 saturated heterocycles. The number of para-hydroxylation sites is 2. The van der Waals surface area contributed by atoms with Gasteiger partial charge >= 0.3 is 5.29 Å². The maximum atomic E-state index is 6.91. The molecule has 4 heteroatoms. The molecule has 0 fully saturated rings. The van der Waals surface area contributed by atoms with E-state index >= 15 is 0 Å². The van der Waals surface area contributed by atoms with E-state index < -0.39 is 0 Å². The SMILES string of the molecule is Cc1ccccc1N1CC[N+](c2c(C(C)C)cccc2C(C)C)=C1Cl.[Cl-]. The minimum absolute atomic E-state index is 0. The first-order valence-corrected chi connectivity index (χ1v) is 9.55. The quantitative estimate of drug-likeness (QED) is 0.574. The van der Waals surface area contributed by atoms with Gasteiger partial charge < -0.3 is 12.4 Å². The van der Waals surface area contributed by atoms with Crippen molar-refractivity contribution < 1.29 is 17.0 Å². The third-order valence-electron chi connectivity index (χ3n) is 5.01. The van der Waals surface area contributed by atoms with Gasteiger partial charge in [-0.15, -0.1) is 0 Å². The molecule has 140 valence electrons. The molecule has 0 N–H and O–H groups in total. The van der Waals surface area contributed by atoms with Crippen LogP contribution in [0.25, 0.3) is 0 Å². The van der Waals surface area contributed by atoms with Gasteiger partial charge in [0.1, 0.15) is 24.5 Å². The Bertz CT molecular complexity index is 783. The average Bonchev–Trinajstić information content (AvgIpc) is 2.95. The van der Waals surface area contributed by atoms with Crippen molar-refractivity contribution in [2.24, 2.45) is 0 Å². The van der Waals surface area contributed by atoms with Gasteiger partial charge in [-0.1, -0.05) is 64.1 Å². The largest absolute Gasteiger partial charge is 1.00 e. The molecule has 0 aromatic heterocycles. The number of hydrogen-bond acceptors (Lipinski definition) is 1. The first-order chi connectivity index (χ1) is 11.9. The van der Waals surface area contributed by atoms with Crippen LogP contribution in [0.3, 0.4) is 0 Å². The molecule has 1 heterocycles. The standard InChI is InChI=1S/C22H28ClN2.ClH/c1-15(2)18-10-8-11-19(16(3)4)21(18)25-14-13-24(22(25)23)20-12-7-6-9-17(20)5;/h6-12,15-16H,13-14H2,1-5H3;1H/q+1;/p-1. The van der Waals surface area contributed by atoms with Gasteiger partial charge in [-0.2, -0.15) is 0 Å². The van der Waals surface area contributed by atoms with Gasteiger partial charge in [0, 0.05) is 22.7 Å². The highest BCUT2D eigenvalue weighted by molar-refractivity contribution is 6.66. The summed E-state index contributed by atoms with van der Waals surface area (Å²) in [5.41, 5.74) is 6.49. The number of anilines is 1. The molecule has 2 aromatic rings. The second-order valence-corrected chi connectivity index (χ2v) is 7.79. The summed E-state index contributed by atoms with van der Waals surface area (Å²) in [6.07, 6.45) is 0. The van der Waals surface area contributed by atoms with Gasteiger partial charge in [0.15, 0.2) is 0 Å². The summed E-state index contributed by atoms with van der Waals surface area (Å²) < 4.78 is 2.30. The summed E-state index contributed by atoms with van der Waals surface area (Å²) in [4.78, 5) is 2.23. The lowest BCUT2D eigenvalue weighted by Crippen LogP contribution is -3.00. The van der Waals surface area contributed by atoms with Crippen molar-refractivity contribution in [3.8, 4) is 0 Å². The number of nitrogens with zero attached hydrogens (tertiary/aromatic N) is 2. The van der Waals surface area contributed by atoms with Crippen LogP contribution in [-0.2, 0) is 0 Å². The fourth-order valence-electron chi connectivity index (χ4n) is 3.64. The highest BCUT2D eigenvalue weighted by atomic mass is 35.5. The van der Waals surface area contributed by atoms with Crippen molar-refractivity contribution in [1.29, 1.82) is 0 Å². The van der Waals surface area contributed by atoms with Crippen LogP contribution < -0.4 is 17.3 Å². The summed E-state index contributed by atoms with van der Waals surface area (Å²) in [6.45, 7) is 13.0. The minimum Gasteiger partial charge on any atom is -1.00 e. The van der Waals surface area contributed by atoms with Crippen LogP contribution in [0.15, 0.2) is 42.5 Å². The Morgan fingerprint density at radius 1 is 0.923 bits per heavy atom. The van der Waals surface area contributed by atoms with Gasteiger partial charge in [-0.3, -0.25) is 0 Å². The van der Waals surface area contributed by atoms with Crippen molar-refractivity contribution in [1.82, 2.24) is 0 Å². The molecule has 0 aliphatic carbocycles. The van der Waals surface area contributed by atoms with Crippen molar-refractivity contribution in [2.45, 2.75) is 46.5 Å². The zero-order valence-electron chi connectivity index (χ0n) is 16.3. The zero-order valence-corrected chi connectivity index (χ0v) is 17.8. The van der Waals surface area contributed by atoms with E-state index in [0.717, 1.165) is 18.4 Å². The third kappa shape index (κ3) is 3.77. The highest BCUT2D eigenvalue weighted by Gasteiger charge is 2.35. The van der Waals surface area contributed by atoms with Gasteiger partial charge in [-0.25, -0.2) is 9.48 Å². The van der Waals surface area contributed by atoms with Gasteiger partial charge in [0.2, 0.25) is 0 Å². The Labute approximate surface area is 168 Å². The molecule has 0 spiro atoms. The fraction of sp³-hybridized carbons (Fsp3) is 0.409. The molecule has 0 atom stereocenters. The number of hydrogen-bond donors (Lipinski definition) is 0. The van der Waals surface area contributed by atoms with Crippen LogP contribution >= 0.6 is 11.6 Å². The van der Waals surface area contributed by atoms with Crippen LogP contribution in [0.5, 0.6) is 0 Å². The summed E-state index contributed by atoms with van der Waals surface area (Å²) in [5.74, 6) is 0.927. The number of aryl methyl sites for hydroxylation is 1. The zero-order chi connectivity index (χ0) is 18.1. The third-order valence-corrected chi connectivity index (χ3v) is 5.42. The first-order valence-electron chi connectivity index (χ1n) is 9.17. The smallest absolute Gasteiger partial charge is 0.355 e. The maximum Gasteiger partial charge on any atom is 0.355 e. The predicted molar refractivity (Wildman–Crippen MR) is 109 cm³/mol. The molecule has 3 rings (SSSR count). The van der Waals surface area contributed by atoms with Crippen LogP contribution in [0.1, 0.15) is 56.2 Å². The number of halogens is 2. The molecule has 0 bridgehead atoms. The Hall–Kier alpha value is -1.51. The lowest BCUT2D eigenvalue weighted by Gasteiger charge is -2.18. The van der Waals surface area contributed by atoms with E-state index in [9.17, 15) is 0 Å². The Kier molecular flexibility index (Phi) is 6.76. The monoisotopic (exact) mass is 390 g/mol. The van der Waals surface area contributed by atoms with Crippen LogP contribution in [-0.4, -0.2) is 23.0 Å². The molecular weight excluding hydrogens is 363 g/mol. The number of benzene rings is 2. The van der Waals surface area contributed by atoms with Crippen molar-refractivity contribution in [3.63, 3.8) is 0 Å². The lowest BCUT2D eigenvalue weighted by molar-refractivity contribution is -0.427. The van der Waals surface area contributed by atoms with E-state index in [0.29, 0.717) is 11.8 Å². The predicted octanol–water partition coefficient (Wildman–Crippen LogP) is 3.00. The molecule has 2 aromatic carbocycles. The number of amidine groups is 1. The second-order valence-electron chi connectivity index (χ2n) is 7.45. The van der Waals surface area contributed by atoms with E-state index in [-0.39, 0.29) is 12.4 Å². The van der Waals surface area contributed by atoms with Crippen LogP contribution in [0, 0.1) is 6.92 Å². The van der Waals surface area contributed by atoms with Crippen molar-refractivity contribution >= 4 is 28.3 Å². The van der Waals surface area contributed by atoms with Crippen LogP contribution in [0.4, 0.5) is 11.4 Å². The van der Waals surface area contributed by atoms with E-state index in [1.165, 1.54) is 28.1 Å². The molecule has 1 aliphatic heterocycles. The van der Waals surface area contributed by atoms with Gasteiger partial charge in [0.25, 0.3) is 0 Å². The summed E-state index contributed by atoms with van der Waals surface area (Å²) in [5, 5.41) is 0.810. The van der Waals surface area contributed by atoms with E-state index in [1.807, 2.05) is 0 Å². The van der Waals surface area contributed by atoms with E-state index in [4.69, 9.17) is 11.6 Å². The summed E-state index contributed by atoms with van der Waals surface area (Å²) in [7, 11) is 0. The lowest BCUT2D eigenvalue weighted by atomic mass is 9.92. The molecule has 0 amide bonds.